The van der Waals surface area contributed by atoms with E-state index in [0.29, 0.717) is 12.0 Å². The molecule has 8 nitrogen and oxygen atoms in total. The highest BCUT2D eigenvalue weighted by Crippen LogP contribution is 2.26. The molecule has 0 amide bonds. The van der Waals surface area contributed by atoms with Crippen molar-refractivity contribution in [2.45, 2.75) is 96.8 Å². The summed E-state index contributed by atoms with van der Waals surface area (Å²) in [5.41, 5.74) is 0.572. The van der Waals surface area contributed by atoms with E-state index < -0.39 is 20.8 Å². The Hall–Kier alpha value is -1.36. The molecule has 31 heavy (non-hydrogen) atoms. The van der Waals surface area contributed by atoms with Crippen LogP contribution in [0, 0.1) is 0 Å². The maximum Gasteiger partial charge on any atom is 0.446 e. The fraction of sp³-hybridized carbons (Fsp3) is 0.714. The lowest BCUT2D eigenvalue weighted by Gasteiger charge is -2.09. The molecule has 0 fully saturated rings. The highest BCUT2D eigenvalue weighted by molar-refractivity contribution is 7.81. The molecule has 0 bridgehead atoms. The van der Waals surface area contributed by atoms with E-state index in [9.17, 15) is 16.8 Å². The third-order valence-electron chi connectivity index (χ3n) is 4.91. The summed E-state index contributed by atoms with van der Waals surface area (Å²) in [5.74, 6) is -0.596. The minimum absolute atomic E-state index is 0.298. The van der Waals surface area contributed by atoms with E-state index in [0.717, 1.165) is 25.3 Å². The van der Waals surface area contributed by atoms with Crippen molar-refractivity contribution in [3.05, 3.63) is 23.8 Å². The lowest BCUT2D eigenvalue weighted by molar-refractivity contribution is 0.381. The van der Waals surface area contributed by atoms with Crippen molar-refractivity contribution in [2.24, 2.45) is 0 Å². The Morgan fingerprint density at radius 3 is 1.32 bits per heavy atom. The predicted octanol–water partition coefficient (Wildman–Crippen LogP) is 5.68. The smallest absolute Gasteiger partial charge is 0.362 e. The van der Waals surface area contributed by atoms with E-state index in [1.807, 2.05) is 0 Å². The molecule has 180 valence electrons. The second kappa shape index (κ2) is 14.7. The van der Waals surface area contributed by atoms with E-state index in [4.69, 9.17) is 9.11 Å². The van der Waals surface area contributed by atoms with Gasteiger partial charge in [0, 0.05) is 6.07 Å². The van der Waals surface area contributed by atoms with Crippen LogP contribution in [0.1, 0.15) is 96.0 Å². The quantitative estimate of drug-likeness (QED) is 0.203. The molecule has 1 rings (SSSR count). The van der Waals surface area contributed by atoms with Crippen molar-refractivity contribution < 1.29 is 34.3 Å². The highest BCUT2D eigenvalue weighted by Gasteiger charge is 2.13. The van der Waals surface area contributed by atoms with Gasteiger partial charge in [0.1, 0.15) is 11.5 Å². The number of aryl methyl sites for hydroxylation is 1. The molecular formula is C21H36O8S2. The van der Waals surface area contributed by atoms with Gasteiger partial charge in [-0.25, -0.2) is 0 Å². The first-order valence-corrected chi connectivity index (χ1v) is 13.8. The topological polar surface area (TPSA) is 127 Å². The molecule has 0 heterocycles. The lowest BCUT2D eigenvalue weighted by Crippen LogP contribution is -2.09. The molecular weight excluding hydrogens is 444 g/mol. The van der Waals surface area contributed by atoms with Crippen LogP contribution in [0.25, 0.3) is 0 Å². The molecule has 0 aromatic heterocycles. The van der Waals surface area contributed by atoms with E-state index in [1.54, 1.807) is 0 Å². The van der Waals surface area contributed by atoms with Crippen LogP contribution in [-0.4, -0.2) is 25.9 Å². The van der Waals surface area contributed by atoms with Crippen LogP contribution in [0.5, 0.6) is 11.5 Å². The molecule has 0 saturated carbocycles. The molecule has 0 spiro atoms. The standard InChI is InChI=1S/C21H36O8S2/c1-2-3-4-5-6-7-8-9-10-11-12-13-14-15-19-16-20(28-30(22,23)24)18-21(17-19)29-31(25,26)27/h16-18H,2-15H2,1H3,(H,22,23,24)(H,25,26,27). The highest BCUT2D eigenvalue weighted by atomic mass is 32.3. The summed E-state index contributed by atoms with van der Waals surface area (Å²) in [6.45, 7) is 2.23. The summed E-state index contributed by atoms with van der Waals surface area (Å²) in [7, 11) is -9.54. The van der Waals surface area contributed by atoms with Crippen molar-refractivity contribution in [1.29, 1.82) is 0 Å². The van der Waals surface area contributed by atoms with E-state index in [2.05, 4.69) is 15.3 Å². The van der Waals surface area contributed by atoms with Gasteiger partial charge in [-0.3, -0.25) is 9.11 Å². The van der Waals surface area contributed by atoms with Crippen LogP contribution in [0.3, 0.4) is 0 Å². The van der Waals surface area contributed by atoms with Crippen LogP contribution in [0.4, 0.5) is 0 Å². The minimum Gasteiger partial charge on any atom is -0.362 e. The molecule has 0 saturated heterocycles. The van der Waals surface area contributed by atoms with Gasteiger partial charge in [0.2, 0.25) is 0 Å². The molecule has 0 radical (unpaired) electrons. The maximum absolute atomic E-state index is 10.9. The Balaban J connectivity index is 2.32. The first kappa shape index (κ1) is 27.7. The Morgan fingerprint density at radius 2 is 0.968 bits per heavy atom. The summed E-state index contributed by atoms with van der Waals surface area (Å²) in [6.07, 6.45) is 16.4. The van der Waals surface area contributed by atoms with Crippen molar-refractivity contribution in [3.8, 4) is 11.5 Å². The second-order valence-corrected chi connectivity index (χ2v) is 9.87. The molecule has 1 aromatic carbocycles. The fourth-order valence-corrected chi connectivity index (χ4v) is 4.14. The molecule has 1 aromatic rings. The van der Waals surface area contributed by atoms with Gasteiger partial charge in [0.05, 0.1) is 0 Å². The van der Waals surface area contributed by atoms with Crippen LogP contribution >= 0.6 is 0 Å². The average Bonchev–Trinajstić information content (AvgIpc) is 2.62. The third kappa shape index (κ3) is 16.0. The number of rotatable bonds is 18. The van der Waals surface area contributed by atoms with Gasteiger partial charge < -0.3 is 8.37 Å². The molecule has 0 aliphatic carbocycles. The van der Waals surface area contributed by atoms with E-state index in [-0.39, 0.29) is 11.5 Å². The Labute approximate surface area is 187 Å². The summed E-state index contributed by atoms with van der Waals surface area (Å²) in [5, 5.41) is 0. The molecule has 0 aliphatic heterocycles. The summed E-state index contributed by atoms with van der Waals surface area (Å²) >= 11 is 0. The van der Waals surface area contributed by atoms with E-state index >= 15 is 0 Å². The van der Waals surface area contributed by atoms with Crippen molar-refractivity contribution in [2.75, 3.05) is 0 Å². The number of hydrogen-bond donors (Lipinski definition) is 2. The van der Waals surface area contributed by atoms with Gasteiger partial charge in [0.25, 0.3) is 0 Å². The van der Waals surface area contributed by atoms with Crippen LogP contribution in [0.2, 0.25) is 0 Å². The monoisotopic (exact) mass is 480 g/mol. The second-order valence-electron chi connectivity index (χ2n) is 7.83. The minimum atomic E-state index is -4.77. The lowest BCUT2D eigenvalue weighted by atomic mass is 10.0. The SMILES string of the molecule is CCCCCCCCCCCCCCCc1cc(OS(=O)(=O)O)cc(OS(=O)(=O)O)c1. The van der Waals surface area contributed by atoms with E-state index in [1.165, 1.54) is 76.3 Å². The Kier molecular flexibility index (Phi) is 13.1. The van der Waals surface area contributed by atoms with Crippen molar-refractivity contribution in [1.82, 2.24) is 0 Å². The molecule has 0 atom stereocenters. The first-order valence-electron chi connectivity index (χ1n) is 11.1. The van der Waals surface area contributed by atoms with Gasteiger partial charge in [0.15, 0.2) is 0 Å². The number of hydrogen-bond acceptors (Lipinski definition) is 6. The summed E-state index contributed by atoms with van der Waals surface area (Å²) in [4.78, 5) is 0. The zero-order valence-corrected chi connectivity index (χ0v) is 19.9. The molecule has 2 N–H and O–H groups in total. The Bertz CT molecular complexity index is 783. The maximum atomic E-state index is 10.9. The van der Waals surface area contributed by atoms with Gasteiger partial charge in [-0.1, -0.05) is 84.0 Å². The average molecular weight is 481 g/mol. The van der Waals surface area contributed by atoms with Crippen LogP contribution in [-0.2, 0) is 27.2 Å². The van der Waals surface area contributed by atoms with Gasteiger partial charge >= 0.3 is 20.8 Å². The largest absolute Gasteiger partial charge is 0.446 e. The third-order valence-corrected chi connectivity index (χ3v) is 5.72. The van der Waals surface area contributed by atoms with Crippen molar-refractivity contribution in [3.63, 3.8) is 0 Å². The number of benzene rings is 1. The molecule has 10 heteroatoms. The zero-order valence-electron chi connectivity index (χ0n) is 18.3. The van der Waals surface area contributed by atoms with Gasteiger partial charge in [-0.15, -0.1) is 0 Å². The van der Waals surface area contributed by atoms with Crippen molar-refractivity contribution >= 4 is 20.8 Å². The molecule has 0 unspecified atom stereocenters. The summed E-state index contributed by atoms with van der Waals surface area (Å²) < 4.78 is 70.1. The summed E-state index contributed by atoms with van der Waals surface area (Å²) in [6, 6.07) is 3.71. The zero-order chi connectivity index (χ0) is 23.2. The predicted molar refractivity (Wildman–Crippen MR) is 120 cm³/mol. The normalized spacial score (nSPS) is 12.1. The first-order chi connectivity index (χ1) is 14.6. The number of unbranched alkanes of at least 4 members (excludes halogenated alkanes) is 12. The van der Waals surface area contributed by atoms with Crippen LogP contribution in [0.15, 0.2) is 18.2 Å². The Morgan fingerprint density at radius 1 is 0.613 bits per heavy atom. The van der Waals surface area contributed by atoms with Crippen LogP contribution < -0.4 is 8.37 Å². The fourth-order valence-electron chi connectivity index (χ4n) is 3.46. The molecule has 0 aliphatic rings. The van der Waals surface area contributed by atoms with Gasteiger partial charge in [-0.05, 0) is 30.5 Å². The van der Waals surface area contributed by atoms with Gasteiger partial charge in [-0.2, -0.15) is 16.8 Å².